The molecule has 0 spiro atoms. The van der Waals surface area contributed by atoms with Crippen LogP contribution in [0, 0.1) is 12.7 Å². The van der Waals surface area contributed by atoms with Crippen LogP contribution in [0.15, 0.2) is 36.4 Å². The van der Waals surface area contributed by atoms with Gasteiger partial charge in [-0.05, 0) is 75.9 Å². The van der Waals surface area contributed by atoms with Gasteiger partial charge in [0.2, 0.25) is 0 Å². The van der Waals surface area contributed by atoms with E-state index >= 15 is 0 Å². The van der Waals surface area contributed by atoms with E-state index in [9.17, 15) is 14.3 Å². The number of carboxylic acids is 1. The van der Waals surface area contributed by atoms with Crippen LogP contribution in [0.5, 0.6) is 11.5 Å². The van der Waals surface area contributed by atoms with Crippen LogP contribution >= 0.6 is 11.6 Å². The minimum Gasteiger partial charge on any atom is -0.481 e. The highest BCUT2D eigenvalue weighted by Gasteiger charge is 2.43. The van der Waals surface area contributed by atoms with E-state index in [1.54, 1.807) is 19.1 Å². The fourth-order valence-electron chi connectivity index (χ4n) is 6.22. The molecule has 41 heavy (non-hydrogen) atoms. The van der Waals surface area contributed by atoms with Crippen molar-refractivity contribution in [3.63, 3.8) is 0 Å². The molecule has 6 rings (SSSR count). The van der Waals surface area contributed by atoms with E-state index in [1.165, 1.54) is 6.07 Å². The number of aryl methyl sites for hydroxylation is 1. The van der Waals surface area contributed by atoms with Gasteiger partial charge in [0, 0.05) is 29.8 Å². The van der Waals surface area contributed by atoms with Gasteiger partial charge in [0.15, 0.2) is 11.5 Å². The van der Waals surface area contributed by atoms with E-state index in [0.717, 1.165) is 61.7 Å². The van der Waals surface area contributed by atoms with Crippen molar-refractivity contribution in [2.75, 3.05) is 19.7 Å². The van der Waals surface area contributed by atoms with Crippen LogP contribution in [0.25, 0.3) is 0 Å². The van der Waals surface area contributed by atoms with E-state index < -0.39 is 17.6 Å². The van der Waals surface area contributed by atoms with Gasteiger partial charge >= 0.3 is 5.97 Å². The maximum atomic E-state index is 14.8. The van der Waals surface area contributed by atoms with Crippen LogP contribution < -0.4 is 9.47 Å². The summed E-state index contributed by atoms with van der Waals surface area (Å²) in [7, 11) is 0. The maximum Gasteiger partial charge on any atom is 0.303 e. The molecule has 2 aromatic carbocycles. The van der Waals surface area contributed by atoms with Gasteiger partial charge in [-0.3, -0.25) is 9.69 Å². The zero-order valence-corrected chi connectivity index (χ0v) is 24.1. The summed E-state index contributed by atoms with van der Waals surface area (Å²) < 4.78 is 35.2. The predicted octanol–water partition coefficient (Wildman–Crippen LogP) is 5.81. The van der Waals surface area contributed by atoms with Gasteiger partial charge in [0.25, 0.3) is 5.79 Å². The molecule has 10 heteroatoms. The summed E-state index contributed by atoms with van der Waals surface area (Å²) in [6.07, 6.45) is 3.58. The molecule has 2 atom stereocenters. The fraction of sp³-hybridized carbons (Fsp3) is 0.484. The lowest BCUT2D eigenvalue weighted by molar-refractivity contribution is -0.137. The van der Waals surface area contributed by atoms with Gasteiger partial charge in [-0.2, -0.15) is 0 Å². The van der Waals surface area contributed by atoms with Crippen LogP contribution in [0.3, 0.4) is 0 Å². The molecule has 3 aliphatic rings. The standard InChI is InChI=1S/C31H35ClFN3O5/c1-19-26(8-9-29(37)38)36(17-22-12-15-39-22)28(34-19)18-35-13-10-20(11-14-35)23-4-3-5-27-30(23)41-31(2,40-27)24-7-6-21(32)16-25(24)33/h3-7,16,20,22H,8-15,17-18H2,1-2H3,(H,37,38). The van der Waals surface area contributed by atoms with E-state index in [-0.39, 0.29) is 18.4 Å². The molecule has 8 nitrogen and oxygen atoms in total. The smallest absolute Gasteiger partial charge is 0.303 e. The van der Waals surface area contributed by atoms with Gasteiger partial charge < -0.3 is 23.9 Å². The number of likely N-dealkylation sites (tertiary alicyclic amines) is 1. The molecule has 0 bridgehead atoms. The molecule has 3 aromatic rings. The van der Waals surface area contributed by atoms with Crippen molar-refractivity contribution < 1.29 is 28.5 Å². The quantitative estimate of drug-likeness (QED) is 0.340. The Morgan fingerprint density at radius 3 is 2.66 bits per heavy atom. The number of hydrogen-bond acceptors (Lipinski definition) is 6. The minimum absolute atomic E-state index is 0.0831. The first kappa shape index (κ1) is 28.0. The third kappa shape index (κ3) is 5.67. The summed E-state index contributed by atoms with van der Waals surface area (Å²) in [5, 5.41) is 9.57. The molecule has 3 aliphatic heterocycles. The second kappa shape index (κ2) is 11.3. The lowest BCUT2D eigenvalue weighted by Gasteiger charge is -2.33. The van der Waals surface area contributed by atoms with Crippen LogP contribution in [0.4, 0.5) is 4.39 Å². The molecule has 0 saturated carbocycles. The number of para-hydroxylation sites is 1. The monoisotopic (exact) mass is 583 g/mol. The zero-order valence-electron chi connectivity index (χ0n) is 23.4. The highest BCUT2D eigenvalue weighted by Crippen LogP contribution is 2.49. The van der Waals surface area contributed by atoms with Gasteiger partial charge in [0.1, 0.15) is 11.6 Å². The highest BCUT2D eigenvalue weighted by molar-refractivity contribution is 6.30. The summed E-state index contributed by atoms with van der Waals surface area (Å²) in [4.78, 5) is 18.5. The average molecular weight is 584 g/mol. The van der Waals surface area contributed by atoms with Crippen molar-refractivity contribution in [1.82, 2.24) is 14.5 Å². The number of aromatic nitrogens is 2. The average Bonchev–Trinajstić information content (AvgIpc) is 3.40. The molecule has 2 unspecified atom stereocenters. The van der Waals surface area contributed by atoms with Crippen LogP contribution in [-0.4, -0.2) is 51.3 Å². The third-order valence-electron chi connectivity index (χ3n) is 8.53. The second-order valence-electron chi connectivity index (χ2n) is 11.3. The van der Waals surface area contributed by atoms with Crippen molar-refractivity contribution in [2.24, 2.45) is 0 Å². The third-order valence-corrected chi connectivity index (χ3v) is 8.77. The number of carbonyl (C=O) groups is 1. The number of fused-ring (bicyclic) bond motifs is 1. The molecule has 0 radical (unpaired) electrons. The van der Waals surface area contributed by atoms with Gasteiger partial charge in [0.05, 0.1) is 36.9 Å². The SMILES string of the molecule is Cc1nc(CN2CCC(c3cccc4c3OC(C)(c3ccc(Cl)cc3F)O4)CC2)n(CC2CCO2)c1CCC(=O)O. The van der Waals surface area contributed by atoms with Crippen LogP contribution in [-0.2, 0) is 34.8 Å². The van der Waals surface area contributed by atoms with Gasteiger partial charge in [-0.25, -0.2) is 9.37 Å². The molecule has 2 fully saturated rings. The Morgan fingerprint density at radius 1 is 1.20 bits per heavy atom. The first-order valence-electron chi connectivity index (χ1n) is 14.3. The number of hydrogen-bond donors (Lipinski definition) is 1. The number of benzene rings is 2. The maximum absolute atomic E-state index is 14.8. The van der Waals surface area contributed by atoms with E-state index in [4.69, 9.17) is 30.8 Å². The molecule has 0 aliphatic carbocycles. The Balaban J connectivity index is 1.15. The number of carboxylic acid groups (broad SMARTS) is 1. The zero-order chi connectivity index (χ0) is 28.7. The number of halogens is 2. The minimum atomic E-state index is -1.27. The number of piperidine rings is 1. The van der Waals surface area contributed by atoms with Crippen LogP contribution in [0.2, 0.25) is 5.02 Å². The number of imidazole rings is 1. The summed E-state index contributed by atoms with van der Waals surface area (Å²) in [5.41, 5.74) is 3.27. The molecule has 0 amide bonds. The number of aliphatic carboxylic acids is 1. The molecular weight excluding hydrogens is 549 g/mol. The van der Waals surface area contributed by atoms with E-state index in [1.807, 2.05) is 19.1 Å². The Morgan fingerprint density at radius 2 is 1.98 bits per heavy atom. The molecule has 218 valence electrons. The largest absolute Gasteiger partial charge is 0.481 e. The second-order valence-corrected chi connectivity index (χ2v) is 11.8. The Bertz CT molecular complexity index is 1450. The molecular formula is C31H35ClFN3O5. The normalized spacial score (nSPS) is 22.6. The predicted molar refractivity (Wildman–Crippen MR) is 151 cm³/mol. The van der Waals surface area contributed by atoms with Crippen molar-refractivity contribution in [3.05, 3.63) is 75.6 Å². The summed E-state index contributed by atoms with van der Waals surface area (Å²) in [5.74, 6) is -0.00464. The number of nitrogens with zero attached hydrogens (tertiary/aromatic N) is 3. The first-order chi connectivity index (χ1) is 19.7. The van der Waals surface area contributed by atoms with Crippen molar-refractivity contribution in [1.29, 1.82) is 0 Å². The summed E-state index contributed by atoms with van der Waals surface area (Å²) in [6, 6.07) is 10.4. The van der Waals surface area contributed by atoms with Gasteiger partial charge in [-0.1, -0.05) is 23.7 Å². The Hall–Kier alpha value is -3.14. The lowest BCUT2D eigenvalue weighted by Crippen LogP contribution is -2.36. The molecule has 1 aromatic heterocycles. The van der Waals surface area contributed by atoms with E-state index in [0.29, 0.717) is 41.6 Å². The fourth-order valence-corrected chi connectivity index (χ4v) is 6.38. The molecule has 1 N–H and O–H groups in total. The Kier molecular flexibility index (Phi) is 7.70. The van der Waals surface area contributed by atoms with Crippen LogP contribution in [0.1, 0.15) is 66.9 Å². The Labute approximate surface area is 244 Å². The van der Waals surface area contributed by atoms with E-state index in [2.05, 4.69) is 15.5 Å². The molecule has 4 heterocycles. The van der Waals surface area contributed by atoms with Gasteiger partial charge in [-0.15, -0.1) is 0 Å². The van der Waals surface area contributed by atoms with Crippen molar-refractivity contribution >= 4 is 17.6 Å². The summed E-state index contributed by atoms with van der Waals surface area (Å²) in [6.45, 7) is 7.65. The molecule has 2 saturated heterocycles. The number of rotatable bonds is 9. The highest BCUT2D eigenvalue weighted by atomic mass is 35.5. The van der Waals surface area contributed by atoms with Crippen molar-refractivity contribution in [3.8, 4) is 11.5 Å². The topological polar surface area (TPSA) is 86.0 Å². The number of ether oxygens (including phenoxy) is 3. The first-order valence-corrected chi connectivity index (χ1v) is 14.6. The van der Waals surface area contributed by atoms with Crippen molar-refractivity contribution in [2.45, 2.75) is 76.9 Å². The summed E-state index contributed by atoms with van der Waals surface area (Å²) >= 11 is 5.96. The lowest BCUT2D eigenvalue weighted by atomic mass is 9.88.